The molecule has 2 aromatic carbocycles. The van der Waals surface area contributed by atoms with Crippen molar-refractivity contribution in [1.82, 2.24) is 4.90 Å². The fourth-order valence-electron chi connectivity index (χ4n) is 2.63. The molecule has 1 aliphatic heterocycles. The van der Waals surface area contributed by atoms with Crippen molar-refractivity contribution >= 4 is 40.7 Å². The summed E-state index contributed by atoms with van der Waals surface area (Å²) in [6, 6.07) is 9.91. The number of aryl methyl sites for hydroxylation is 1. The molecule has 1 fully saturated rings. The molecule has 7 heteroatoms. The van der Waals surface area contributed by atoms with Crippen LogP contribution >= 0.6 is 23.2 Å². The fourth-order valence-corrected chi connectivity index (χ4v) is 2.98. The Morgan fingerprint density at radius 2 is 1.69 bits per heavy atom. The van der Waals surface area contributed by atoms with E-state index >= 15 is 0 Å². The van der Waals surface area contributed by atoms with E-state index in [-0.39, 0.29) is 11.8 Å². The molecule has 0 atom stereocenters. The predicted octanol–water partition coefficient (Wildman–Crippen LogP) is 4.03. The van der Waals surface area contributed by atoms with Crippen molar-refractivity contribution in [1.29, 1.82) is 0 Å². The van der Waals surface area contributed by atoms with Gasteiger partial charge in [0.1, 0.15) is 0 Å². The van der Waals surface area contributed by atoms with Gasteiger partial charge in [-0.25, -0.2) is 0 Å². The van der Waals surface area contributed by atoms with Crippen LogP contribution in [0.5, 0.6) is 0 Å². The highest BCUT2D eigenvalue weighted by Gasteiger charge is 2.20. The van der Waals surface area contributed by atoms with Crippen molar-refractivity contribution < 1.29 is 14.3 Å². The molecule has 136 valence electrons. The summed E-state index contributed by atoms with van der Waals surface area (Å²) in [6.07, 6.45) is 0. The Balaban J connectivity index is 1.80. The zero-order chi connectivity index (χ0) is 18.7. The van der Waals surface area contributed by atoms with Crippen LogP contribution < -0.4 is 5.32 Å². The average molecular weight is 393 g/mol. The average Bonchev–Trinajstić information content (AvgIpc) is 2.65. The molecule has 5 nitrogen and oxygen atoms in total. The molecule has 2 aromatic rings. The minimum atomic E-state index is -0.343. The van der Waals surface area contributed by atoms with Crippen LogP contribution in [-0.2, 0) is 4.74 Å². The van der Waals surface area contributed by atoms with Crippen LogP contribution in [-0.4, -0.2) is 43.0 Å². The zero-order valence-electron chi connectivity index (χ0n) is 14.2. The molecule has 1 aliphatic rings. The fraction of sp³-hybridized carbons (Fsp3) is 0.263. The third kappa shape index (κ3) is 4.18. The zero-order valence-corrected chi connectivity index (χ0v) is 15.7. The number of hydrogen-bond acceptors (Lipinski definition) is 3. The van der Waals surface area contributed by atoms with Crippen molar-refractivity contribution in [2.24, 2.45) is 0 Å². The highest BCUT2D eigenvalue weighted by molar-refractivity contribution is 6.34. The van der Waals surface area contributed by atoms with Crippen LogP contribution in [0.15, 0.2) is 36.4 Å². The first-order valence-electron chi connectivity index (χ1n) is 8.20. The van der Waals surface area contributed by atoms with E-state index in [0.717, 1.165) is 5.56 Å². The second-order valence-corrected chi connectivity index (χ2v) is 6.83. The van der Waals surface area contributed by atoms with E-state index in [1.54, 1.807) is 41.3 Å². The van der Waals surface area contributed by atoms with Crippen LogP contribution in [0.2, 0.25) is 10.0 Å². The monoisotopic (exact) mass is 392 g/mol. The second kappa shape index (κ2) is 8.08. The van der Waals surface area contributed by atoms with Crippen LogP contribution in [0, 0.1) is 6.92 Å². The number of amides is 2. The standard InChI is InChI=1S/C19H18Cl2N2O3/c1-12-2-3-13(10-16(12)21)18(24)22-17-11-14(4-5-15(17)20)19(25)23-6-8-26-9-7-23/h2-5,10-11H,6-9H2,1H3,(H,22,24). The summed E-state index contributed by atoms with van der Waals surface area (Å²) >= 11 is 12.3. The quantitative estimate of drug-likeness (QED) is 0.857. The number of morpholine rings is 1. The maximum absolute atomic E-state index is 12.6. The molecule has 1 N–H and O–H groups in total. The lowest BCUT2D eigenvalue weighted by Crippen LogP contribution is -2.40. The summed E-state index contributed by atoms with van der Waals surface area (Å²) in [5.74, 6) is -0.455. The van der Waals surface area contributed by atoms with Gasteiger partial charge in [0.25, 0.3) is 11.8 Å². The molecular formula is C19H18Cl2N2O3. The summed E-state index contributed by atoms with van der Waals surface area (Å²) in [6.45, 7) is 4.01. The first kappa shape index (κ1) is 18.7. The van der Waals surface area contributed by atoms with E-state index in [1.165, 1.54) is 0 Å². The first-order valence-corrected chi connectivity index (χ1v) is 8.95. The summed E-state index contributed by atoms with van der Waals surface area (Å²) in [4.78, 5) is 26.8. The SMILES string of the molecule is Cc1ccc(C(=O)Nc2cc(C(=O)N3CCOCC3)ccc2Cl)cc1Cl. The molecule has 0 bridgehead atoms. The minimum absolute atomic E-state index is 0.112. The summed E-state index contributed by atoms with van der Waals surface area (Å²) in [5, 5.41) is 3.62. The summed E-state index contributed by atoms with van der Waals surface area (Å²) in [5.41, 5.74) is 2.15. The molecule has 0 aromatic heterocycles. The predicted molar refractivity (Wildman–Crippen MR) is 102 cm³/mol. The van der Waals surface area contributed by atoms with Crippen molar-refractivity contribution in [3.63, 3.8) is 0 Å². The number of anilines is 1. The Morgan fingerprint density at radius 3 is 2.38 bits per heavy atom. The van der Waals surface area contributed by atoms with Gasteiger partial charge in [-0.2, -0.15) is 0 Å². The maximum Gasteiger partial charge on any atom is 0.255 e. The number of nitrogens with one attached hydrogen (secondary N) is 1. The van der Waals surface area contributed by atoms with E-state index in [1.807, 2.05) is 6.92 Å². The Hall–Kier alpha value is -2.08. The minimum Gasteiger partial charge on any atom is -0.378 e. The molecule has 0 radical (unpaired) electrons. The van der Waals surface area contributed by atoms with Crippen molar-refractivity contribution in [2.45, 2.75) is 6.92 Å². The summed E-state index contributed by atoms with van der Waals surface area (Å²) in [7, 11) is 0. The molecule has 3 rings (SSSR count). The van der Waals surface area contributed by atoms with Crippen LogP contribution in [0.3, 0.4) is 0 Å². The molecule has 1 heterocycles. The van der Waals surface area contributed by atoms with Crippen LogP contribution in [0.25, 0.3) is 0 Å². The van der Waals surface area contributed by atoms with Gasteiger partial charge in [0, 0.05) is 29.2 Å². The molecular weight excluding hydrogens is 375 g/mol. The largest absolute Gasteiger partial charge is 0.378 e. The Kier molecular flexibility index (Phi) is 5.81. The number of rotatable bonds is 3. The number of halogens is 2. The lowest BCUT2D eigenvalue weighted by atomic mass is 10.1. The molecule has 0 saturated carbocycles. The van der Waals surface area contributed by atoms with E-state index < -0.39 is 0 Å². The number of carbonyl (C=O) groups excluding carboxylic acids is 2. The van der Waals surface area contributed by atoms with Gasteiger partial charge in [-0.3, -0.25) is 9.59 Å². The topological polar surface area (TPSA) is 58.6 Å². The van der Waals surface area contributed by atoms with Crippen molar-refractivity contribution in [2.75, 3.05) is 31.6 Å². The third-order valence-electron chi connectivity index (χ3n) is 4.19. The lowest BCUT2D eigenvalue weighted by Gasteiger charge is -2.27. The molecule has 1 saturated heterocycles. The van der Waals surface area contributed by atoms with E-state index in [0.29, 0.717) is 53.2 Å². The van der Waals surface area contributed by atoms with Gasteiger partial charge in [-0.15, -0.1) is 0 Å². The highest BCUT2D eigenvalue weighted by atomic mass is 35.5. The van der Waals surface area contributed by atoms with Crippen molar-refractivity contribution in [3.8, 4) is 0 Å². The third-order valence-corrected chi connectivity index (χ3v) is 4.93. The molecule has 2 amide bonds. The second-order valence-electron chi connectivity index (χ2n) is 6.02. The molecule has 26 heavy (non-hydrogen) atoms. The number of carbonyl (C=O) groups is 2. The van der Waals surface area contributed by atoms with Gasteiger partial charge in [-0.05, 0) is 42.8 Å². The number of benzene rings is 2. The van der Waals surface area contributed by atoms with Gasteiger partial charge in [-0.1, -0.05) is 29.3 Å². The van der Waals surface area contributed by atoms with Gasteiger partial charge < -0.3 is 15.0 Å². The number of hydrogen-bond donors (Lipinski definition) is 1. The Labute approximate surface area is 161 Å². The van der Waals surface area contributed by atoms with E-state index in [2.05, 4.69) is 5.32 Å². The first-order chi connectivity index (χ1) is 12.5. The Morgan fingerprint density at radius 1 is 1.00 bits per heavy atom. The molecule has 0 spiro atoms. The maximum atomic E-state index is 12.6. The summed E-state index contributed by atoms with van der Waals surface area (Å²) < 4.78 is 5.27. The van der Waals surface area contributed by atoms with Gasteiger partial charge in [0.2, 0.25) is 0 Å². The molecule has 0 unspecified atom stereocenters. The Bertz CT molecular complexity index is 849. The van der Waals surface area contributed by atoms with E-state index in [9.17, 15) is 9.59 Å². The highest BCUT2D eigenvalue weighted by Crippen LogP contribution is 2.25. The number of ether oxygens (including phenoxy) is 1. The van der Waals surface area contributed by atoms with Gasteiger partial charge >= 0.3 is 0 Å². The smallest absolute Gasteiger partial charge is 0.255 e. The van der Waals surface area contributed by atoms with E-state index in [4.69, 9.17) is 27.9 Å². The van der Waals surface area contributed by atoms with Gasteiger partial charge in [0.15, 0.2) is 0 Å². The van der Waals surface area contributed by atoms with Gasteiger partial charge in [0.05, 0.1) is 23.9 Å². The van der Waals surface area contributed by atoms with Crippen LogP contribution in [0.1, 0.15) is 26.3 Å². The number of nitrogens with zero attached hydrogens (tertiary/aromatic N) is 1. The van der Waals surface area contributed by atoms with Crippen molar-refractivity contribution in [3.05, 3.63) is 63.1 Å². The normalized spacial score (nSPS) is 14.2. The molecule has 0 aliphatic carbocycles. The van der Waals surface area contributed by atoms with Crippen LogP contribution in [0.4, 0.5) is 5.69 Å². The lowest BCUT2D eigenvalue weighted by molar-refractivity contribution is 0.0303.